The molecule has 6 heteroatoms. The quantitative estimate of drug-likeness (QED) is 0.873. The van der Waals surface area contributed by atoms with Crippen LogP contribution in [0.5, 0.6) is 0 Å². The molecule has 2 rings (SSSR count). The van der Waals surface area contributed by atoms with Crippen LogP contribution in [0, 0.1) is 0 Å². The first-order valence-corrected chi connectivity index (χ1v) is 7.09. The van der Waals surface area contributed by atoms with Crippen LogP contribution in [0.25, 0.3) is 17.2 Å². The van der Waals surface area contributed by atoms with Crippen molar-refractivity contribution in [1.29, 1.82) is 0 Å². The predicted octanol–water partition coefficient (Wildman–Crippen LogP) is 3.66. The second-order valence-electron chi connectivity index (χ2n) is 3.31. The smallest absolute Gasteiger partial charge is 0.386 e. The Bertz CT molecular complexity index is 662. The Kier molecular flexibility index (Phi) is 6.39. The first kappa shape index (κ1) is 15.8. The molecule has 0 fully saturated rings. The minimum atomic E-state index is -0.588. The van der Waals surface area contributed by atoms with Gasteiger partial charge in [-0.15, -0.1) is 16.4 Å². The SMILES string of the molecule is C=C/C=C(\C=C/C)c1nc(-c2n[nH]c(=O)o2)cs1.CC. The summed E-state index contributed by atoms with van der Waals surface area (Å²) in [6, 6.07) is 0. The molecule has 20 heavy (non-hydrogen) atoms. The Labute approximate surface area is 121 Å². The molecule has 0 saturated carbocycles. The maximum Gasteiger partial charge on any atom is 0.434 e. The molecule has 0 atom stereocenters. The molecule has 0 radical (unpaired) electrons. The summed E-state index contributed by atoms with van der Waals surface area (Å²) < 4.78 is 4.85. The predicted molar refractivity (Wildman–Crippen MR) is 82.6 cm³/mol. The summed E-state index contributed by atoms with van der Waals surface area (Å²) in [5.41, 5.74) is 1.48. The Morgan fingerprint density at radius 1 is 1.50 bits per heavy atom. The van der Waals surface area contributed by atoms with Gasteiger partial charge in [-0.05, 0) is 6.92 Å². The Balaban J connectivity index is 0.000000956. The summed E-state index contributed by atoms with van der Waals surface area (Å²) in [7, 11) is 0. The van der Waals surface area contributed by atoms with E-state index in [1.54, 1.807) is 11.5 Å². The molecule has 2 aromatic rings. The molecule has 106 valence electrons. The highest BCUT2D eigenvalue weighted by Gasteiger charge is 2.11. The van der Waals surface area contributed by atoms with Crippen LogP contribution in [0.15, 0.2) is 45.5 Å². The average molecular weight is 291 g/mol. The summed E-state index contributed by atoms with van der Waals surface area (Å²) in [5.74, 6) is -0.393. The normalized spacial score (nSPS) is 11.2. The number of rotatable bonds is 4. The molecule has 0 saturated heterocycles. The molecule has 0 aliphatic rings. The molecule has 0 bridgehead atoms. The highest BCUT2D eigenvalue weighted by molar-refractivity contribution is 7.11. The van der Waals surface area contributed by atoms with Gasteiger partial charge in [-0.25, -0.2) is 14.9 Å². The maximum absolute atomic E-state index is 10.9. The molecule has 2 heterocycles. The lowest BCUT2D eigenvalue weighted by molar-refractivity contribution is 0.525. The van der Waals surface area contributed by atoms with Gasteiger partial charge in [0.05, 0.1) is 0 Å². The van der Waals surface area contributed by atoms with Crippen molar-refractivity contribution in [3.05, 3.63) is 51.8 Å². The number of nitrogens with zero attached hydrogens (tertiary/aromatic N) is 2. The van der Waals surface area contributed by atoms with Gasteiger partial charge in [-0.1, -0.05) is 44.7 Å². The zero-order valence-corrected chi connectivity index (χ0v) is 12.5. The molecule has 0 spiro atoms. The van der Waals surface area contributed by atoms with Crippen LogP contribution in [-0.2, 0) is 0 Å². The van der Waals surface area contributed by atoms with E-state index in [0.29, 0.717) is 5.69 Å². The van der Waals surface area contributed by atoms with E-state index >= 15 is 0 Å². The fraction of sp³-hybridized carbons (Fsp3) is 0.214. The van der Waals surface area contributed by atoms with Gasteiger partial charge in [0.15, 0.2) is 0 Å². The number of hydrogen-bond donors (Lipinski definition) is 1. The van der Waals surface area contributed by atoms with E-state index in [0.717, 1.165) is 10.6 Å². The summed E-state index contributed by atoms with van der Waals surface area (Å²) >= 11 is 1.45. The van der Waals surface area contributed by atoms with Crippen molar-refractivity contribution in [1.82, 2.24) is 15.2 Å². The summed E-state index contributed by atoms with van der Waals surface area (Å²) in [6.45, 7) is 9.59. The highest BCUT2D eigenvalue weighted by atomic mass is 32.1. The van der Waals surface area contributed by atoms with E-state index < -0.39 is 5.76 Å². The highest BCUT2D eigenvalue weighted by Crippen LogP contribution is 2.25. The van der Waals surface area contributed by atoms with Gasteiger partial charge in [0.2, 0.25) is 0 Å². The van der Waals surface area contributed by atoms with Crippen molar-refractivity contribution in [3.63, 3.8) is 0 Å². The summed E-state index contributed by atoms with van der Waals surface area (Å²) in [4.78, 5) is 15.2. The van der Waals surface area contributed by atoms with E-state index in [1.807, 2.05) is 39.0 Å². The van der Waals surface area contributed by atoms with E-state index in [9.17, 15) is 4.79 Å². The number of thiazole rings is 1. The van der Waals surface area contributed by atoms with Gasteiger partial charge in [0, 0.05) is 11.0 Å². The fourth-order valence-electron chi connectivity index (χ4n) is 1.35. The average Bonchev–Trinajstić information content (AvgIpc) is 3.09. The number of allylic oxidation sites excluding steroid dienone is 5. The van der Waals surface area contributed by atoms with Crippen molar-refractivity contribution in [2.75, 3.05) is 0 Å². The largest absolute Gasteiger partial charge is 0.434 e. The maximum atomic E-state index is 10.9. The second kappa shape index (κ2) is 8.06. The number of H-pyrrole nitrogens is 1. The lowest BCUT2D eigenvalue weighted by atomic mass is 10.2. The van der Waals surface area contributed by atoms with Crippen molar-refractivity contribution < 1.29 is 4.42 Å². The molecule has 1 N–H and O–H groups in total. The second-order valence-corrected chi connectivity index (χ2v) is 4.17. The third-order valence-electron chi connectivity index (χ3n) is 2.05. The van der Waals surface area contributed by atoms with Crippen LogP contribution in [0.1, 0.15) is 25.8 Å². The first-order chi connectivity index (χ1) is 9.74. The Morgan fingerprint density at radius 2 is 2.25 bits per heavy atom. The molecule has 5 nitrogen and oxygen atoms in total. The van der Waals surface area contributed by atoms with Crippen LogP contribution < -0.4 is 5.76 Å². The van der Waals surface area contributed by atoms with Gasteiger partial charge >= 0.3 is 5.76 Å². The van der Waals surface area contributed by atoms with Crippen LogP contribution >= 0.6 is 11.3 Å². The lowest BCUT2D eigenvalue weighted by Gasteiger charge is -1.94. The number of nitrogens with one attached hydrogen (secondary N) is 1. The molecular formula is C14H17N3O2S. The van der Waals surface area contributed by atoms with Crippen LogP contribution in [0.2, 0.25) is 0 Å². The van der Waals surface area contributed by atoms with E-state index in [-0.39, 0.29) is 5.89 Å². The van der Waals surface area contributed by atoms with Crippen LogP contribution in [0.4, 0.5) is 0 Å². The molecular weight excluding hydrogens is 274 g/mol. The van der Waals surface area contributed by atoms with E-state index in [4.69, 9.17) is 4.42 Å². The number of aromatic amines is 1. The van der Waals surface area contributed by atoms with Crippen LogP contribution in [0.3, 0.4) is 0 Å². The van der Waals surface area contributed by atoms with Crippen molar-refractivity contribution in [2.45, 2.75) is 20.8 Å². The summed E-state index contributed by atoms with van der Waals surface area (Å²) in [6.07, 6.45) is 7.42. The monoisotopic (exact) mass is 291 g/mol. The minimum absolute atomic E-state index is 0.195. The molecule has 0 amide bonds. The Hall–Kier alpha value is -2.21. The standard InChI is InChI=1S/C12H11N3O2S.C2H6/c1-3-5-8(6-4-2)11-13-9(7-18-11)10-14-15-12(16)17-10;1-2/h3-7H,1H2,2H3,(H,15,16);1-2H3/b6-4-,8-5+;. The van der Waals surface area contributed by atoms with Gasteiger partial charge in [0.25, 0.3) is 5.89 Å². The van der Waals surface area contributed by atoms with Crippen molar-refractivity contribution in [2.24, 2.45) is 0 Å². The van der Waals surface area contributed by atoms with E-state index in [1.165, 1.54) is 11.3 Å². The van der Waals surface area contributed by atoms with E-state index in [2.05, 4.69) is 21.8 Å². The van der Waals surface area contributed by atoms with Gasteiger partial charge in [0.1, 0.15) is 10.7 Å². The molecule has 0 aliphatic carbocycles. The third-order valence-corrected chi connectivity index (χ3v) is 2.94. The number of hydrogen-bond acceptors (Lipinski definition) is 5. The Morgan fingerprint density at radius 3 is 2.80 bits per heavy atom. The minimum Gasteiger partial charge on any atom is -0.386 e. The summed E-state index contributed by atoms with van der Waals surface area (Å²) in [5, 5.41) is 8.54. The molecule has 0 unspecified atom stereocenters. The molecule has 0 aliphatic heterocycles. The zero-order valence-electron chi connectivity index (χ0n) is 11.7. The van der Waals surface area contributed by atoms with Crippen LogP contribution in [-0.4, -0.2) is 15.2 Å². The molecule has 0 aromatic carbocycles. The fourth-order valence-corrected chi connectivity index (χ4v) is 2.15. The van der Waals surface area contributed by atoms with Crippen molar-refractivity contribution >= 4 is 16.9 Å². The van der Waals surface area contributed by atoms with Gasteiger partial charge in [-0.3, -0.25) is 0 Å². The number of aromatic nitrogens is 3. The van der Waals surface area contributed by atoms with Gasteiger partial charge in [-0.2, -0.15) is 0 Å². The topological polar surface area (TPSA) is 71.8 Å². The zero-order chi connectivity index (χ0) is 15.0. The van der Waals surface area contributed by atoms with Gasteiger partial charge < -0.3 is 4.42 Å². The first-order valence-electron chi connectivity index (χ1n) is 6.21. The van der Waals surface area contributed by atoms with Crippen molar-refractivity contribution in [3.8, 4) is 11.6 Å². The lowest BCUT2D eigenvalue weighted by Crippen LogP contribution is -1.93. The third kappa shape index (κ3) is 3.89. The molecule has 2 aromatic heterocycles.